The molecule has 25 heavy (non-hydrogen) atoms. The van der Waals surface area contributed by atoms with Gasteiger partial charge in [0.15, 0.2) is 0 Å². The van der Waals surface area contributed by atoms with Crippen LogP contribution in [0.25, 0.3) is 0 Å². The van der Waals surface area contributed by atoms with Gasteiger partial charge in [-0.3, -0.25) is 9.69 Å². The van der Waals surface area contributed by atoms with Crippen molar-refractivity contribution in [3.8, 4) is 0 Å². The van der Waals surface area contributed by atoms with Crippen LogP contribution in [0.15, 0.2) is 0 Å². The van der Waals surface area contributed by atoms with Crippen LogP contribution in [0.5, 0.6) is 0 Å². The van der Waals surface area contributed by atoms with Crippen molar-refractivity contribution < 1.29 is 14.3 Å². The highest BCUT2D eigenvalue weighted by Gasteiger charge is 2.21. The maximum absolute atomic E-state index is 12.2. The summed E-state index contributed by atoms with van der Waals surface area (Å²) < 4.78 is 10.9. The highest BCUT2D eigenvalue weighted by molar-refractivity contribution is 5.77. The van der Waals surface area contributed by atoms with Crippen molar-refractivity contribution in [3.05, 3.63) is 0 Å². The molecule has 0 aromatic rings. The van der Waals surface area contributed by atoms with Gasteiger partial charge in [0.2, 0.25) is 5.91 Å². The minimum Gasteiger partial charge on any atom is -0.379 e. The molecule has 1 fully saturated rings. The third kappa shape index (κ3) is 10.1. The van der Waals surface area contributed by atoms with E-state index in [1.54, 1.807) is 0 Å². The molecule has 0 radical (unpaired) electrons. The number of carbonyl (C=O) groups is 1. The molecule has 1 aliphatic rings. The maximum atomic E-state index is 12.2. The smallest absolute Gasteiger partial charge is 0.248 e. The van der Waals surface area contributed by atoms with E-state index in [0.717, 1.165) is 52.3 Å². The fourth-order valence-electron chi connectivity index (χ4n) is 2.57. The number of likely N-dealkylation sites (N-methyl/N-ethyl adjacent to an activating group) is 1. The molecule has 0 aliphatic carbocycles. The van der Waals surface area contributed by atoms with E-state index >= 15 is 0 Å². The lowest BCUT2D eigenvalue weighted by Gasteiger charge is -2.35. The van der Waals surface area contributed by atoms with Gasteiger partial charge in [-0.1, -0.05) is 13.8 Å². The van der Waals surface area contributed by atoms with E-state index in [1.807, 2.05) is 4.90 Å². The summed E-state index contributed by atoms with van der Waals surface area (Å²) in [4.78, 5) is 18.9. The molecule has 0 saturated carbocycles. The van der Waals surface area contributed by atoms with Gasteiger partial charge in [-0.05, 0) is 33.2 Å². The monoisotopic (exact) mass is 357 g/mol. The van der Waals surface area contributed by atoms with Gasteiger partial charge in [-0.2, -0.15) is 0 Å². The van der Waals surface area contributed by atoms with E-state index in [4.69, 9.17) is 9.47 Å². The Bertz CT molecular complexity index is 356. The number of rotatable bonds is 12. The van der Waals surface area contributed by atoms with E-state index in [0.29, 0.717) is 25.2 Å². The Hall–Kier alpha value is -0.690. The van der Waals surface area contributed by atoms with Crippen LogP contribution in [0, 0.1) is 5.92 Å². The minimum absolute atomic E-state index is 0.0983. The molecule has 0 atom stereocenters. The van der Waals surface area contributed by atoms with Crippen molar-refractivity contribution in [3.63, 3.8) is 0 Å². The summed E-state index contributed by atoms with van der Waals surface area (Å²) in [7, 11) is 2.16. The SMILES string of the molecule is CC(C)CCOCCOCC(=O)N1CCN(CCN(C)C(C)C)CC1. The molecule has 0 N–H and O–H groups in total. The zero-order valence-corrected chi connectivity index (χ0v) is 17.0. The van der Waals surface area contributed by atoms with Crippen molar-refractivity contribution in [1.29, 1.82) is 0 Å². The molecule has 1 heterocycles. The van der Waals surface area contributed by atoms with E-state index in [1.165, 1.54) is 0 Å². The molecule has 6 nitrogen and oxygen atoms in total. The number of ether oxygens (including phenoxy) is 2. The van der Waals surface area contributed by atoms with Crippen LogP contribution in [0.4, 0.5) is 0 Å². The molecule has 0 aromatic carbocycles. The second kappa shape index (κ2) is 12.6. The summed E-state index contributed by atoms with van der Waals surface area (Å²) in [6.45, 7) is 16.4. The first-order valence-corrected chi connectivity index (χ1v) is 9.76. The van der Waals surface area contributed by atoms with Gasteiger partial charge in [0.1, 0.15) is 6.61 Å². The average molecular weight is 358 g/mol. The van der Waals surface area contributed by atoms with Gasteiger partial charge in [-0.25, -0.2) is 0 Å². The second-order valence-electron chi connectivity index (χ2n) is 7.64. The van der Waals surface area contributed by atoms with Gasteiger partial charge in [0.05, 0.1) is 13.2 Å². The molecule has 1 amide bonds. The maximum Gasteiger partial charge on any atom is 0.248 e. The summed E-state index contributed by atoms with van der Waals surface area (Å²) in [6.07, 6.45) is 1.07. The number of hydrogen-bond donors (Lipinski definition) is 0. The van der Waals surface area contributed by atoms with E-state index < -0.39 is 0 Å². The number of amides is 1. The van der Waals surface area contributed by atoms with Crippen molar-refractivity contribution in [2.45, 2.75) is 40.2 Å². The van der Waals surface area contributed by atoms with Crippen LogP contribution in [0.3, 0.4) is 0 Å². The zero-order valence-electron chi connectivity index (χ0n) is 17.0. The quantitative estimate of drug-likeness (QED) is 0.496. The summed E-state index contributed by atoms with van der Waals surface area (Å²) in [6, 6.07) is 0.578. The standard InChI is InChI=1S/C19H39N3O3/c1-17(2)6-13-24-14-15-25-16-19(23)22-11-9-21(10-12-22)8-7-20(5)18(3)4/h17-18H,6-16H2,1-5H3. The van der Waals surface area contributed by atoms with Crippen LogP contribution in [0.1, 0.15) is 34.1 Å². The summed E-state index contributed by atoms with van der Waals surface area (Å²) in [5.41, 5.74) is 0. The molecule has 6 heteroatoms. The largest absolute Gasteiger partial charge is 0.379 e. The zero-order chi connectivity index (χ0) is 18.7. The van der Waals surface area contributed by atoms with Gasteiger partial charge in [0, 0.05) is 51.9 Å². The molecule has 0 aromatic heterocycles. The molecule has 0 bridgehead atoms. The summed E-state index contributed by atoms with van der Waals surface area (Å²) in [5.74, 6) is 0.757. The Morgan fingerprint density at radius 1 is 1.00 bits per heavy atom. The Kier molecular flexibility index (Phi) is 11.3. The van der Waals surface area contributed by atoms with Crippen LogP contribution in [-0.2, 0) is 14.3 Å². The fourth-order valence-corrected chi connectivity index (χ4v) is 2.57. The molecule has 1 rings (SSSR count). The number of hydrogen-bond acceptors (Lipinski definition) is 5. The van der Waals surface area contributed by atoms with Crippen molar-refractivity contribution >= 4 is 5.91 Å². The van der Waals surface area contributed by atoms with Crippen LogP contribution in [-0.4, -0.2) is 99.4 Å². The highest BCUT2D eigenvalue weighted by atomic mass is 16.5. The van der Waals surface area contributed by atoms with Crippen molar-refractivity contribution in [1.82, 2.24) is 14.7 Å². The average Bonchev–Trinajstić information content (AvgIpc) is 2.58. The Morgan fingerprint density at radius 2 is 1.64 bits per heavy atom. The lowest BCUT2D eigenvalue weighted by molar-refractivity contribution is -0.138. The summed E-state index contributed by atoms with van der Waals surface area (Å²) >= 11 is 0. The third-order valence-electron chi connectivity index (χ3n) is 4.81. The predicted octanol–water partition coefficient (Wildman–Crippen LogP) is 1.55. The molecule has 1 saturated heterocycles. The van der Waals surface area contributed by atoms with Gasteiger partial charge < -0.3 is 19.3 Å². The molecular formula is C19H39N3O3. The van der Waals surface area contributed by atoms with E-state index in [2.05, 4.69) is 44.5 Å². The summed E-state index contributed by atoms with van der Waals surface area (Å²) in [5, 5.41) is 0. The van der Waals surface area contributed by atoms with E-state index in [9.17, 15) is 4.79 Å². The van der Waals surface area contributed by atoms with Crippen molar-refractivity contribution in [2.75, 3.05) is 72.7 Å². The van der Waals surface area contributed by atoms with Gasteiger partial charge in [0.25, 0.3) is 0 Å². The minimum atomic E-state index is 0.0983. The second-order valence-corrected chi connectivity index (χ2v) is 7.64. The third-order valence-corrected chi connectivity index (χ3v) is 4.81. The Labute approximate surface area is 154 Å². The Morgan fingerprint density at radius 3 is 2.24 bits per heavy atom. The first-order valence-electron chi connectivity index (χ1n) is 9.76. The van der Waals surface area contributed by atoms with E-state index in [-0.39, 0.29) is 12.5 Å². The lowest BCUT2D eigenvalue weighted by atomic mass is 10.1. The van der Waals surface area contributed by atoms with Crippen LogP contribution >= 0.6 is 0 Å². The first kappa shape index (κ1) is 22.4. The molecular weight excluding hydrogens is 318 g/mol. The Balaban J connectivity index is 2.05. The molecule has 0 spiro atoms. The molecule has 0 unspecified atom stereocenters. The first-order chi connectivity index (χ1) is 11.9. The number of nitrogens with zero attached hydrogens (tertiary/aromatic N) is 3. The number of piperazine rings is 1. The normalized spacial score (nSPS) is 16.4. The number of carbonyl (C=O) groups excluding carboxylic acids is 1. The van der Waals surface area contributed by atoms with Gasteiger partial charge in [-0.15, -0.1) is 0 Å². The highest BCUT2D eigenvalue weighted by Crippen LogP contribution is 2.04. The molecule has 148 valence electrons. The topological polar surface area (TPSA) is 45.3 Å². The lowest BCUT2D eigenvalue weighted by Crippen LogP contribution is -2.51. The van der Waals surface area contributed by atoms with Gasteiger partial charge >= 0.3 is 0 Å². The van der Waals surface area contributed by atoms with Crippen LogP contribution in [0.2, 0.25) is 0 Å². The predicted molar refractivity (Wildman–Crippen MR) is 102 cm³/mol. The van der Waals surface area contributed by atoms with Crippen molar-refractivity contribution in [2.24, 2.45) is 5.92 Å². The molecule has 1 aliphatic heterocycles. The van der Waals surface area contributed by atoms with Crippen LogP contribution < -0.4 is 0 Å². The fraction of sp³-hybridized carbons (Fsp3) is 0.947.